The monoisotopic (exact) mass is 367 g/mol. The third-order valence-electron chi connectivity index (χ3n) is 4.97. The molecule has 3 aromatic rings. The van der Waals surface area contributed by atoms with Crippen LogP contribution in [0.1, 0.15) is 42.8 Å². The zero-order valence-electron chi connectivity index (χ0n) is 15.1. The first kappa shape index (κ1) is 17.3. The number of nitrogens with zero attached hydrogens (tertiary/aromatic N) is 5. The van der Waals surface area contributed by atoms with E-state index in [-0.39, 0.29) is 11.8 Å². The zero-order chi connectivity index (χ0) is 18.3. The van der Waals surface area contributed by atoms with Crippen molar-refractivity contribution in [1.29, 1.82) is 0 Å². The van der Waals surface area contributed by atoms with Crippen molar-refractivity contribution in [3.63, 3.8) is 0 Å². The van der Waals surface area contributed by atoms with Crippen molar-refractivity contribution in [2.45, 2.75) is 32.6 Å². The largest absolute Gasteiger partial charge is 0.356 e. The summed E-state index contributed by atoms with van der Waals surface area (Å²) in [6, 6.07) is 7.94. The molecule has 0 aliphatic carbocycles. The van der Waals surface area contributed by atoms with Crippen molar-refractivity contribution in [3.05, 3.63) is 59.5 Å². The van der Waals surface area contributed by atoms with Crippen molar-refractivity contribution in [2.24, 2.45) is 5.92 Å². The fourth-order valence-corrected chi connectivity index (χ4v) is 3.66. The number of hydrogen-bond donors (Lipinski definition) is 0. The number of pyridine rings is 1. The van der Waals surface area contributed by atoms with E-state index in [2.05, 4.69) is 27.9 Å². The third-order valence-corrected chi connectivity index (χ3v) is 5.20. The van der Waals surface area contributed by atoms with Crippen molar-refractivity contribution >= 4 is 23.1 Å². The lowest BCUT2D eigenvalue weighted by molar-refractivity contribution is 0.477. The number of anilines is 1. The van der Waals surface area contributed by atoms with E-state index in [4.69, 9.17) is 23.6 Å². The SMILES string of the molecule is [CH]C1CCCN(c2cc(C)nc3cc(C(C)c4ccc(Cl)cn4)nn23)C1. The Morgan fingerprint density at radius 2 is 2.12 bits per heavy atom. The summed E-state index contributed by atoms with van der Waals surface area (Å²) in [6.07, 6.45) is 3.85. The minimum atomic E-state index is 0.0609. The van der Waals surface area contributed by atoms with E-state index >= 15 is 0 Å². The molecule has 5 nitrogen and oxygen atoms in total. The number of piperidine rings is 1. The molecule has 3 aromatic heterocycles. The van der Waals surface area contributed by atoms with Gasteiger partial charge in [-0.3, -0.25) is 4.98 Å². The maximum absolute atomic E-state index is 6.18. The summed E-state index contributed by atoms with van der Waals surface area (Å²) < 4.78 is 1.94. The molecule has 4 rings (SSSR count). The van der Waals surface area contributed by atoms with E-state index in [0.717, 1.165) is 54.5 Å². The molecule has 0 saturated carbocycles. The molecule has 0 spiro atoms. The highest BCUT2D eigenvalue weighted by Gasteiger charge is 2.22. The van der Waals surface area contributed by atoms with Crippen LogP contribution in [0.25, 0.3) is 5.65 Å². The standard InChI is InChI=1S/C20H22ClN5/c1-13-5-4-8-25(12-13)20-9-14(2)23-19-10-18(24-26(19)20)15(3)17-7-6-16(21)11-22-17/h1,6-7,9-11,13,15H,4-5,8,12H2,2-3H3. The topological polar surface area (TPSA) is 46.3 Å². The predicted molar refractivity (Wildman–Crippen MR) is 104 cm³/mol. The summed E-state index contributed by atoms with van der Waals surface area (Å²) in [5.41, 5.74) is 3.72. The van der Waals surface area contributed by atoms with Gasteiger partial charge in [-0.2, -0.15) is 9.61 Å². The van der Waals surface area contributed by atoms with Crippen LogP contribution >= 0.6 is 11.6 Å². The highest BCUT2D eigenvalue weighted by atomic mass is 35.5. The van der Waals surface area contributed by atoms with Gasteiger partial charge in [0.25, 0.3) is 0 Å². The smallest absolute Gasteiger partial charge is 0.157 e. The second-order valence-electron chi connectivity index (χ2n) is 7.07. The Labute approximate surface area is 159 Å². The lowest BCUT2D eigenvalue weighted by atomic mass is 10.0. The molecule has 2 atom stereocenters. The molecule has 1 saturated heterocycles. The Kier molecular flexibility index (Phi) is 4.57. The maximum Gasteiger partial charge on any atom is 0.157 e. The van der Waals surface area contributed by atoms with Gasteiger partial charge < -0.3 is 4.90 Å². The molecule has 26 heavy (non-hydrogen) atoms. The molecule has 1 aliphatic heterocycles. The van der Waals surface area contributed by atoms with Crippen LogP contribution in [0, 0.1) is 19.8 Å². The van der Waals surface area contributed by atoms with Crippen molar-refractivity contribution < 1.29 is 0 Å². The van der Waals surface area contributed by atoms with E-state index in [1.807, 2.05) is 29.6 Å². The van der Waals surface area contributed by atoms with Gasteiger partial charge in [-0.1, -0.05) is 18.5 Å². The van der Waals surface area contributed by atoms with E-state index < -0.39 is 0 Å². The molecule has 134 valence electrons. The van der Waals surface area contributed by atoms with Gasteiger partial charge in [-0.05, 0) is 44.7 Å². The Morgan fingerprint density at radius 3 is 2.85 bits per heavy atom. The number of rotatable bonds is 3. The van der Waals surface area contributed by atoms with Gasteiger partial charge in [-0.15, -0.1) is 0 Å². The predicted octanol–water partition coefficient (Wildman–Crippen LogP) is 4.17. The molecule has 6 heteroatoms. The molecular formula is C20H22ClN5. The summed E-state index contributed by atoms with van der Waals surface area (Å²) in [7, 11) is 0. The maximum atomic E-state index is 6.18. The van der Waals surface area contributed by atoms with Crippen molar-refractivity contribution in [3.8, 4) is 0 Å². The molecule has 0 bridgehead atoms. The van der Waals surface area contributed by atoms with Crippen LogP contribution in [0.4, 0.5) is 5.82 Å². The second kappa shape index (κ2) is 6.88. The molecule has 1 aliphatic rings. The van der Waals surface area contributed by atoms with Gasteiger partial charge in [0.15, 0.2) is 5.65 Å². The summed E-state index contributed by atoms with van der Waals surface area (Å²) in [6.45, 7) is 12.1. The minimum absolute atomic E-state index is 0.0609. The van der Waals surface area contributed by atoms with Gasteiger partial charge >= 0.3 is 0 Å². The number of aromatic nitrogens is 4. The Morgan fingerprint density at radius 1 is 1.27 bits per heavy atom. The minimum Gasteiger partial charge on any atom is -0.356 e. The summed E-state index contributed by atoms with van der Waals surface area (Å²) in [4.78, 5) is 11.4. The first-order valence-electron chi connectivity index (χ1n) is 9.00. The Hall–Kier alpha value is -2.14. The highest BCUT2D eigenvalue weighted by Crippen LogP contribution is 2.27. The van der Waals surface area contributed by atoms with Gasteiger partial charge in [0, 0.05) is 48.7 Å². The number of hydrogen-bond acceptors (Lipinski definition) is 4. The normalized spacial score (nSPS) is 19.1. The fraction of sp³-hybridized carbons (Fsp3) is 0.400. The van der Waals surface area contributed by atoms with Crippen LogP contribution in [0.2, 0.25) is 5.02 Å². The summed E-state index contributed by atoms with van der Waals surface area (Å²) in [5.74, 6) is 1.33. The molecule has 0 amide bonds. The summed E-state index contributed by atoms with van der Waals surface area (Å²) >= 11 is 5.95. The van der Waals surface area contributed by atoms with Crippen LogP contribution < -0.4 is 4.90 Å². The average molecular weight is 368 g/mol. The highest BCUT2D eigenvalue weighted by molar-refractivity contribution is 6.30. The van der Waals surface area contributed by atoms with Crippen LogP contribution in [0.15, 0.2) is 30.5 Å². The molecule has 1 fully saturated rings. The average Bonchev–Trinajstić information content (AvgIpc) is 3.05. The molecule has 0 aromatic carbocycles. The van der Waals surface area contributed by atoms with Gasteiger partial charge in [0.2, 0.25) is 0 Å². The van der Waals surface area contributed by atoms with E-state index in [1.165, 1.54) is 0 Å². The molecule has 2 unspecified atom stereocenters. The Bertz CT molecular complexity index is 918. The second-order valence-corrected chi connectivity index (χ2v) is 7.50. The lowest BCUT2D eigenvalue weighted by Crippen LogP contribution is -2.35. The van der Waals surface area contributed by atoms with Crippen LogP contribution in [0.5, 0.6) is 0 Å². The van der Waals surface area contributed by atoms with Gasteiger partial charge in [-0.25, -0.2) is 4.98 Å². The molecule has 2 radical (unpaired) electrons. The Balaban J connectivity index is 1.74. The van der Waals surface area contributed by atoms with E-state index in [9.17, 15) is 0 Å². The van der Waals surface area contributed by atoms with E-state index in [0.29, 0.717) is 5.02 Å². The number of fused-ring (bicyclic) bond motifs is 1. The van der Waals surface area contributed by atoms with Crippen molar-refractivity contribution in [1.82, 2.24) is 19.6 Å². The van der Waals surface area contributed by atoms with Crippen LogP contribution in [-0.4, -0.2) is 32.7 Å². The lowest BCUT2D eigenvalue weighted by Gasteiger charge is -2.32. The van der Waals surface area contributed by atoms with Gasteiger partial charge in [0.1, 0.15) is 5.82 Å². The molecular weight excluding hydrogens is 346 g/mol. The van der Waals surface area contributed by atoms with E-state index in [1.54, 1.807) is 6.20 Å². The zero-order valence-corrected chi connectivity index (χ0v) is 15.8. The van der Waals surface area contributed by atoms with Crippen molar-refractivity contribution in [2.75, 3.05) is 18.0 Å². The van der Waals surface area contributed by atoms with Crippen LogP contribution in [0.3, 0.4) is 0 Å². The third kappa shape index (κ3) is 3.28. The first-order chi connectivity index (χ1) is 12.5. The summed E-state index contributed by atoms with van der Waals surface area (Å²) in [5, 5.41) is 5.49. The quantitative estimate of drug-likeness (QED) is 0.697. The fourth-order valence-electron chi connectivity index (χ4n) is 3.55. The first-order valence-corrected chi connectivity index (χ1v) is 9.38. The van der Waals surface area contributed by atoms with Crippen LogP contribution in [-0.2, 0) is 0 Å². The molecule has 4 heterocycles. The molecule has 0 N–H and O–H groups in total. The number of aryl methyl sites for hydroxylation is 1. The van der Waals surface area contributed by atoms with Gasteiger partial charge in [0.05, 0.1) is 10.7 Å². The number of halogens is 1.